The molecule has 0 fully saturated rings. The smallest absolute Gasteiger partial charge is 0.347 e. The molecule has 0 aliphatic heterocycles. The summed E-state index contributed by atoms with van der Waals surface area (Å²) in [5.74, 6) is -2.95. The quantitative estimate of drug-likeness (QED) is 0.284. The summed E-state index contributed by atoms with van der Waals surface area (Å²) in [6, 6.07) is 14.4. The van der Waals surface area contributed by atoms with Crippen LogP contribution in [0.4, 0.5) is 5.69 Å². The van der Waals surface area contributed by atoms with E-state index >= 15 is 0 Å². The van der Waals surface area contributed by atoms with Gasteiger partial charge in [0.25, 0.3) is 11.6 Å². The van der Waals surface area contributed by atoms with E-state index in [2.05, 4.69) is 5.32 Å². The number of non-ortho nitro benzene ring substituents is 1. The Morgan fingerprint density at radius 2 is 1.67 bits per heavy atom. The molecule has 0 saturated carbocycles. The molecule has 1 amide bonds. The van der Waals surface area contributed by atoms with Gasteiger partial charge in [0.05, 0.1) is 18.0 Å². The number of nitrogens with zero attached hydrogens (tertiary/aromatic N) is 2. The molecular weight excluding hydrogens is 466 g/mol. The Morgan fingerprint density at radius 3 is 2.17 bits per heavy atom. The number of nitrogens with one attached hydrogen (secondary N) is 1. The Morgan fingerprint density at radius 1 is 1.08 bits per heavy atom. The van der Waals surface area contributed by atoms with Gasteiger partial charge in [-0.2, -0.15) is 5.26 Å². The maximum absolute atomic E-state index is 13.2. The van der Waals surface area contributed by atoms with Crippen LogP contribution in [0.2, 0.25) is 0 Å². The van der Waals surface area contributed by atoms with Crippen molar-refractivity contribution in [2.75, 3.05) is 6.61 Å². The zero-order chi connectivity index (χ0) is 26.9. The van der Waals surface area contributed by atoms with E-state index < -0.39 is 40.3 Å². The lowest BCUT2D eigenvalue weighted by atomic mass is 9.90. The maximum Gasteiger partial charge on any atom is 0.347 e. The second-order valence-electron chi connectivity index (χ2n) is 8.64. The molecule has 0 bridgehead atoms. The number of ether oxygens (including phenoxy) is 2. The van der Waals surface area contributed by atoms with Gasteiger partial charge in [-0.25, -0.2) is 4.79 Å². The Kier molecular flexibility index (Phi) is 9.67. The number of carbonyl (C=O) groups excluding carboxylic acids is 3. The van der Waals surface area contributed by atoms with Crippen molar-refractivity contribution >= 4 is 23.5 Å². The number of esters is 2. The third-order valence-corrected chi connectivity index (χ3v) is 5.36. The van der Waals surface area contributed by atoms with Crippen molar-refractivity contribution in [3.05, 3.63) is 75.3 Å². The van der Waals surface area contributed by atoms with E-state index in [1.807, 2.05) is 25.1 Å². The highest BCUT2D eigenvalue weighted by molar-refractivity contribution is 5.93. The van der Waals surface area contributed by atoms with Gasteiger partial charge in [0.1, 0.15) is 6.07 Å². The van der Waals surface area contributed by atoms with E-state index in [4.69, 9.17) is 9.47 Å². The fourth-order valence-corrected chi connectivity index (χ4v) is 3.41. The number of amides is 1. The van der Waals surface area contributed by atoms with Crippen molar-refractivity contribution in [2.24, 2.45) is 5.92 Å². The topological polar surface area (TPSA) is 149 Å². The molecule has 0 aliphatic carbocycles. The minimum Gasteiger partial charge on any atom is -0.463 e. The summed E-state index contributed by atoms with van der Waals surface area (Å²) in [4.78, 5) is 48.8. The molecular formula is C26H29N3O7. The number of hydrogen-bond donors (Lipinski definition) is 1. The molecule has 10 heteroatoms. The summed E-state index contributed by atoms with van der Waals surface area (Å²) >= 11 is 0. The van der Waals surface area contributed by atoms with Gasteiger partial charge in [-0.15, -0.1) is 0 Å². The minimum absolute atomic E-state index is 0.00383. The van der Waals surface area contributed by atoms with Gasteiger partial charge in [-0.05, 0) is 30.9 Å². The predicted octanol–water partition coefficient (Wildman–Crippen LogP) is 3.20. The van der Waals surface area contributed by atoms with Gasteiger partial charge in [0.2, 0.25) is 5.54 Å². The molecule has 0 aliphatic rings. The van der Waals surface area contributed by atoms with Crippen molar-refractivity contribution in [1.82, 2.24) is 5.32 Å². The molecule has 2 aromatic carbocycles. The number of hydrogen-bond acceptors (Lipinski definition) is 8. The first-order valence-electron chi connectivity index (χ1n) is 11.4. The fourth-order valence-electron chi connectivity index (χ4n) is 3.41. The summed E-state index contributed by atoms with van der Waals surface area (Å²) < 4.78 is 10.5. The van der Waals surface area contributed by atoms with Crippen LogP contribution in [0.5, 0.6) is 0 Å². The molecule has 10 nitrogen and oxygen atoms in total. The lowest BCUT2D eigenvalue weighted by Crippen LogP contribution is -2.59. The van der Waals surface area contributed by atoms with Crippen LogP contribution in [0.25, 0.3) is 0 Å². The van der Waals surface area contributed by atoms with Crippen LogP contribution in [0.3, 0.4) is 0 Å². The number of nitriles is 1. The van der Waals surface area contributed by atoms with Gasteiger partial charge < -0.3 is 14.8 Å². The van der Waals surface area contributed by atoms with Gasteiger partial charge in [-0.3, -0.25) is 19.7 Å². The monoisotopic (exact) mass is 495 g/mol. The first-order valence-corrected chi connectivity index (χ1v) is 11.4. The predicted molar refractivity (Wildman–Crippen MR) is 130 cm³/mol. The standard InChI is InChI=1S/C26H29N3O7/c1-5-35-25(32)26(16-27,15-20-8-6-18(4)7-9-20)28-24(31)23(17(2)3)36-22(30)14-19-10-12-21(13-11-19)29(33)34/h6-13,17,23H,5,14-15H2,1-4H3,(H,28,31). The van der Waals surface area contributed by atoms with Gasteiger partial charge in [0.15, 0.2) is 6.10 Å². The van der Waals surface area contributed by atoms with Crippen LogP contribution in [0.1, 0.15) is 37.5 Å². The fraction of sp³-hybridized carbons (Fsp3) is 0.385. The van der Waals surface area contributed by atoms with Crippen molar-refractivity contribution in [1.29, 1.82) is 5.26 Å². The van der Waals surface area contributed by atoms with E-state index in [1.165, 1.54) is 24.3 Å². The lowest BCUT2D eigenvalue weighted by Gasteiger charge is -2.29. The normalized spacial score (nSPS) is 13.1. The highest BCUT2D eigenvalue weighted by Gasteiger charge is 2.44. The second kappa shape index (κ2) is 12.4. The SMILES string of the molecule is CCOC(=O)C(C#N)(Cc1ccc(C)cc1)NC(=O)C(OC(=O)Cc1ccc([N+](=O)[O-])cc1)C(C)C. The Balaban J connectivity index is 2.22. The number of benzene rings is 2. The van der Waals surface area contributed by atoms with E-state index in [9.17, 15) is 29.8 Å². The van der Waals surface area contributed by atoms with E-state index in [0.717, 1.165) is 5.56 Å². The number of carbonyl (C=O) groups is 3. The summed E-state index contributed by atoms with van der Waals surface area (Å²) in [7, 11) is 0. The molecule has 0 aromatic heterocycles. The molecule has 2 rings (SSSR count). The summed E-state index contributed by atoms with van der Waals surface area (Å²) in [5, 5.41) is 23.2. The van der Waals surface area contributed by atoms with Crippen LogP contribution >= 0.6 is 0 Å². The second-order valence-corrected chi connectivity index (χ2v) is 8.64. The first-order chi connectivity index (χ1) is 17.0. The zero-order valence-electron chi connectivity index (χ0n) is 20.6. The summed E-state index contributed by atoms with van der Waals surface area (Å²) in [6.07, 6.45) is -1.66. The Hall–Kier alpha value is -4.26. The number of nitro groups is 1. The Labute approximate surface area is 209 Å². The molecule has 0 radical (unpaired) electrons. The van der Waals surface area contributed by atoms with Gasteiger partial charge >= 0.3 is 11.9 Å². The third kappa shape index (κ3) is 7.37. The van der Waals surface area contributed by atoms with Crippen molar-refractivity contribution in [3.8, 4) is 6.07 Å². The molecule has 2 atom stereocenters. The van der Waals surface area contributed by atoms with E-state index in [1.54, 1.807) is 32.9 Å². The molecule has 190 valence electrons. The van der Waals surface area contributed by atoms with Crippen LogP contribution in [0.15, 0.2) is 48.5 Å². The van der Waals surface area contributed by atoms with Crippen molar-refractivity contribution < 1.29 is 28.8 Å². The first kappa shape index (κ1) is 28.0. The van der Waals surface area contributed by atoms with Crippen LogP contribution in [-0.4, -0.2) is 41.0 Å². The molecule has 2 aromatic rings. The van der Waals surface area contributed by atoms with E-state index in [-0.39, 0.29) is 25.1 Å². The van der Waals surface area contributed by atoms with Crippen LogP contribution < -0.4 is 5.32 Å². The largest absolute Gasteiger partial charge is 0.463 e. The third-order valence-electron chi connectivity index (χ3n) is 5.36. The Bertz CT molecular complexity index is 1140. The van der Waals surface area contributed by atoms with Gasteiger partial charge in [0, 0.05) is 18.6 Å². The van der Waals surface area contributed by atoms with Crippen LogP contribution in [-0.2, 0) is 36.7 Å². The maximum atomic E-state index is 13.2. The number of rotatable bonds is 11. The van der Waals surface area contributed by atoms with Crippen molar-refractivity contribution in [2.45, 2.75) is 52.2 Å². The number of aryl methyl sites for hydroxylation is 1. The molecule has 1 N–H and O–H groups in total. The highest BCUT2D eigenvalue weighted by atomic mass is 16.6. The van der Waals surface area contributed by atoms with Gasteiger partial charge in [-0.1, -0.05) is 55.8 Å². The summed E-state index contributed by atoms with van der Waals surface area (Å²) in [5.41, 5.74) is -0.0638. The highest BCUT2D eigenvalue weighted by Crippen LogP contribution is 2.19. The van der Waals surface area contributed by atoms with E-state index in [0.29, 0.717) is 11.1 Å². The zero-order valence-corrected chi connectivity index (χ0v) is 20.6. The van der Waals surface area contributed by atoms with Crippen molar-refractivity contribution in [3.63, 3.8) is 0 Å². The molecule has 0 heterocycles. The molecule has 0 saturated heterocycles. The number of nitro benzene ring substituents is 1. The molecule has 2 unspecified atom stereocenters. The average molecular weight is 496 g/mol. The van der Waals surface area contributed by atoms with Crippen LogP contribution in [0, 0.1) is 34.3 Å². The molecule has 0 spiro atoms. The minimum atomic E-state index is -2.03. The molecule has 36 heavy (non-hydrogen) atoms. The lowest BCUT2D eigenvalue weighted by molar-refractivity contribution is -0.384. The summed E-state index contributed by atoms with van der Waals surface area (Å²) in [6.45, 7) is 6.80. The average Bonchev–Trinajstić information content (AvgIpc) is 2.83.